The molecule has 5 heteroatoms. The van der Waals surface area contributed by atoms with Gasteiger partial charge in [0.25, 0.3) is 0 Å². The zero-order valence-electron chi connectivity index (χ0n) is 12.2. The lowest BCUT2D eigenvalue weighted by atomic mass is 10.2. The molecule has 0 spiro atoms. The van der Waals surface area contributed by atoms with Gasteiger partial charge in [0, 0.05) is 11.6 Å². The zero-order valence-corrected chi connectivity index (χ0v) is 13.2. The van der Waals surface area contributed by atoms with Crippen molar-refractivity contribution in [1.29, 1.82) is 0 Å². The molecule has 0 atom stereocenters. The summed E-state index contributed by atoms with van der Waals surface area (Å²) in [7, 11) is -1.65. The Hall–Kier alpha value is -2.14. The number of oxazole rings is 1. The highest BCUT2D eigenvalue weighted by molar-refractivity contribution is 6.70. The van der Waals surface area contributed by atoms with Gasteiger partial charge in [-0.1, -0.05) is 0 Å². The van der Waals surface area contributed by atoms with Crippen LogP contribution in [0.15, 0.2) is 46.9 Å². The first-order valence-corrected chi connectivity index (χ1v) is 10.2. The molecule has 3 nitrogen and oxygen atoms in total. The van der Waals surface area contributed by atoms with Crippen LogP contribution >= 0.6 is 0 Å². The minimum atomic E-state index is -1.65. The number of hydrogen-bond donors (Lipinski definition) is 0. The van der Waals surface area contributed by atoms with Crippen molar-refractivity contribution in [3.63, 3.8) is 0 Å². The topological polar surface area (TPSA) is 35.3 Å². The van der Waals surface area contributed by atoms with Crippen molar-refractivity contribution in [3.05, 3.63) is 48.3 Å². The van der Waals surface area contributed by atoms with E-state index in [1.807, 2.05) is 18.2 Å². The quantitative estimate of drug-likeness (QED) is 0.649. The normalized spacial score (nSPS) is 11.8. The van der Waals surface area contributed by atoms with Crippen LogP contribution in [0, 0.1) is 5.82 Å². The van der Waals surface area contributed by atoms with E-state index in [2.05, 4.69) is 24.6 Å². The van der Waals surface area contributed by atoms with E-state index in [9.17, 15) is 4.39 Å². The molecule has 0 saturated carbocycles. The van der Waals surface area contributed by atoms with Gasteiger partial charge in [-0.05, 0) is 56.0 Å². The van der Waals surface area contributed by atoms with Crippen LogP contribution in [-0.4, -0.2) is 13.3 Å². The molecule has 0 amide bonds. The van der Waals surface area contributed by atoms with Crippen molar-refractivity contribution < 1.29 is 13.2 Å². The molecular weight excluding hydrogens is 285 g/mol. The van der Waals surface area contributed by atoms with Crippen LogP contribution in [0.1, 0.15) is 0 Å². The van der Waals surface area contributed by atoms with Crippen molar-refractivity contribution in [3.8, 4) is 17.2 Å². The lowest BCUT2D eigenvalue weighted by Crippen LogP contribution is -2.29. The van der Waals surface area contributed by atoms with Gasteiger partial charge in [-0.3, -0.25) is 0 Å². The van der Waals surface area contributed by atoms with Crippen molar-refractivity contribution in [2.24, 2.45) is 0 Å². The third kappa shape index (κ3) is 3.13. The van der Waals surface area contributed by atoms with Gasteiger partial charge in [-0.25, -0.2) is 9.37 Å². The standard InChI is InChI=1S/C16H16FNO2Si/c1-21(2,3)20-13-8-9-14-15(10-13)19-16(18-14)11-4-6-12(17)7-5-11/h4-10H,1-3H3. The van der Waals surface area contributed by atoms with Crippen LogP contribution in [0.4, 0.5) is 4.39 Å². The summed E-state index contributed by atoms with van der Waals surface area (Å²) in [5.41, 5.74) is 2.18. The maximum atomic E-state index is 13.0. The fourth-order valence-corrected chi connectivity index (χ4v) is 2.87. The molecule has 2 aromatic carbocycles. The summed E-state index contributed by atoms with van der Waals surface area (Å²) in [6.07, 6.45) is 0. The van der Waals surface area contributed by atoms with Gasteiger partial charge in [-0.15, -0.1) is 0 Å². The van der Waals surface area contributed by atoms with Crippen LogP contribution in [-0.2, 0) is 0 Å². The highest BCUT2D eigenvalue weighted by atomic mass is 28.4. The lowest BCUT2D eigenvalue weighted by Gasteiger charge is -2.18. The molecule has 0 fully saturated rings. The van der Waals surface area contributed by atoms with Crippen LogP contribution in [0.5, 0.6) is 5.75 Å². The summed E-state index contributed by atoms with van der Waals surface area (Å²) in [6.45, 7) is 6.38. The SMILES string of the molecule is C[Si](C)(C)Oc1ccc2nc(-c3ccc(F)cc3)oc2c1. The number of hydrogen-bond acceptors (Lipinski definition) is 3. The Bertz CT molecular complexity index is 775. The molecule has 0 aliphatic carbocycles. The van der Waals surface area contributed by atoms with Gasteiger partial charge in [-0.2, -0.15) is 0 Å². The molecule has 0 aliphatic heterocycles. The summed E-state index contributed by atoms with van der Waals surface area (Å²) < 4.78 is 24.6. The van der Waals surface area contributed by atoms with E-state index < -0.39 is 8.32 Å². The molecule has 0 bridgehead atoms. The number of halogens is 1. The number of rotatable bonds is 3. The summed E-state index contributed by atoms with van der Waals surface area (Å²) in [4.78, 5) is 4.42. The smallest absolute Gasteiger partial charge is 0.242 e. The highest BCUT2D eigenvalue weighted by Gasteiger charge is 2.17. The van der Waals surface area contributed by atoms with E-state index in [0.717, 1.165) is 16.8 Å². The van der Waals surface area contributed by atoms with E-state index in [1.54, 1.807) is 12.1 Å². The van der Waals surface area contributed by atoms with Gasteiger partial charge in [0.2, 0.25) is 14.2 Å². The van der Waals surface area contributed by atoms with Crippen molar-refractivity contribution in [2.45, 2.75) is 19.6 Å². The fraction of sp³-hybridized carbons (Fsp3) is 0.188. The van der Waals surface area contributed by atoms with E-state index in [4.69, 9.17) is 8.84 Å². The van der Waals surface area contributed by atoms with Crippen molar-refractivity contribution in [2.75, 3.05) is 0 Å². The molecular formula is C16H16FNO2Si. The molecule has 0 N–H and O–H groups in total. The minimum absolute atomic E-state index is 0.277. The van der Waals surface area contributed by atoms with Gasteiger partial charge in [0.1, 0.15) is 17.1 Å². The number of benzene rings is 2. The summed E-state index contributed by atoms with van der Waals surface area (Å²) in [6, 6.07) is 11.7. The molecule has 3 rings (SSSR count). The van der Waals surface area contributed by atoms with Crippen molar-refractivity contribution >= 4 is 19.4 Å². The lowest BCUT2D eigenvalue weighted by molar-refractivity contribution is 0.555. The fourth-order valence-electron chi connectivity index (χ4n) is 2.04. The van der Waals surface area contributed by atoms with Gasteiger partial charge in [0.15, 0.2) is 5.58 Å². The van der Waals surface area contributed by atoms with Crippen molar-refractivity contribution in [1.82, 2.24) is 4.98 Å². The minimum Gasteiger partial charge on any atom is -0.544 e. The molecule has 0 radical (unpaired) electrons. The number of aromatic nitrogens is 1. The number of fused-ring (bicyclic) bond motifs is 1. The summed E-state index contributed by atoms with van der Waals surface area (Å²) in [5, 5.41) is 0. The van der Waals surface area contributed by atoms with Gasteiger partial charge < -0.3 is 8.84 Å². The second-order valence-electron chi connectivity index (χ2n) is 5.87. The van der Waals surface area contributed by atoms with E-state index in [-0.39, 0.29) is 5.82 Å². The molecule has 1 heterocycles. The van der Waals surface area contributed by atoms with Crippen LogP contribution < -0.4 is 4.43 Å². The van der Waals surface area contributed by atoms with E-state index >= 15 is 0 Å². The van der Waals surface area contributed by atoms with E-state index in [1.165, 1.54) is 12.1 Å². The zero-order chi connectivity index (χ0) is 15.0. The van der Waals surface area contributed by atoms with Crippen LogP contribution in [0.2, 0.25) is 19.6 Å². The molecule has 0 unspecified atom stereocenters. The van der Waals surface area contributed by atoms with Crippen LogP contribution in [0.25, 0.3) is 22.6 Å². The second-order valence-corrected chi connectivity index (χ2v) is 10.3. The average molecular weight is 301 g/mol. The third-order valence-electron chi connectivity index (χ3n) is 2.88. The Morgan fingerprint density at radius 2 is 1.76 bits per heavy atom. The second kappa shape index (κ2) is 5.00. The predicted octanol–water partition coefficient (Wildman–Crippen LogP) is 4.85. The summed E-state index contributed by atoms with van der Waals surface area (Å²) in [5.74, 6) is 0.999. The monoisotopic (exact) mass is 301 g/mol. The Morgan fingerprint density at radius 3 is 2.43 bits per heavy atom. The summed E-state index contributed by atoms with van der Waals surface area (Å²) >= 11 is 0. The largest absolute Gasteiger partial charge is 0.544 e. The van der Waals surface area contributed by atoms with Gasteiger partial charge in [0.05, 0.1) is 0 Å². The highest BCUT2D eigenvalue weighted by Crippen LogP contribution is 2.28. The molecule has 108 valence electrons. The Morgan fingerprint density at radius 1 is 1.05 bits per heavy atom. The Kier molecular flexibility index (Phi) is 3.29. The third-order valence-corrected chi connectivity index (χ3v) is 3.72. The van der Waals surface area contributed by atoms with Crippen LogP contribution in [0.3, 0.4) is 0 Å². The van der Waals surface area contributed by atoms with E-state index in [0.29, 0.717) is 11.5 Å². The molecule has 1 aromatic heterocycles. The predicted molar refractivity (Wildman–Crippen MR) is 83.4 cm³/mol. The first kappa shape index (κ1) is 13.8. The molecule has 3 aromatic rings. The average Bonchev–Trinajstić information content (AvgIpc) is 2.80. The Labute approximate surface area is 123 Å². The maximum Gasteiger partial charge on any atom is 0.242 e. The molecule has 21 heavy (non-hydrogen) atoms. The molecule has 0 aliphatic rings. The first-order chi connectivity index (χ1) is 9.90. The first-order valence-electron chi connectivity index (χ1n) is 6.76. The number of nitrogens with zero attached hydrogens (tertiary/aromatic N) is 1. The maximum absolute atomic E-state index is 13.0. The Balaban J connectivity index is 1.98. The van der Waals surface area contributed by atoms with Gasteiger partial charge >= 0.3 is 0 Å². The molecule has 0 saturated heterocycles.